The third kappa shape index (κ3) is 2.46. The zero-order valence-corrected chi connectivity index (χ0v) is 9.51. The topological polar surface area (TPSA) is 12.9 Å². The first-order chi connectivity index (χ1) is 5.11. The number of aromatic nitrogens is 1. The summed E-state index contributed by atoms with van der Waals surface area (Å²) < 4.78 is 25.4. The van der Waals surface area contributed by atoms with E-state index in [2.05, 4.69) is 4.98 Å². The van der Waals surface area contributed by atoms with Crippen molar-refractivity contribution >= 4 is 45.2 Å². The Morgan fingerprint density at radius 3 is 2.36 bits per heavy atom. The molecule has 11 heavy (non-hydrogen) atoms. The Morgan fingerprint density at radius 2 is 1.91 bits per heavy atom. The summed E-state index contributed by atoms with van der Waals surface area (Å²) in [5, 5.41) is 0. The Balaban J connectivity index is 3.13. The maximum absolute atomic E-state index is 12.1. The average Bonchev–Trinajstić information content (AvgIpc) is 1.94. The van der Waals surface area contributed by atoms with Crippen molar-refractivity contribution in [2.45, 2.75) is 6.43 Å². The van der Waals surface area contributed by atoms with Crippen molar-refractivity contribution in [1.29, 1.82) is 0 Å². The van der Waals surface area contributed by atoms with Crippen LogP contribution >= 0.6 is 45.2 Å². The molecule has 0 aliphatic carbocycles. The summed E-state index contributed by atoms with van der Waals surface area (Å²) >= 11 is 3.75. The Hall–Kier alpha value is 0.470. The molecular formula is C6H3F2I2N. The Labute approximate surface area is 89.9 Å². The van der Waals surface area contributed by atoms with E-state index in [1.54, 1.807) is 12.1 Å². The smallest absolute Gasteiger partial charge is 0.240 e. The summed E-state index contributed by atoms with van der Waals surface area (Å²) in [4.78, 5) is 3.70. The molecule has 0 N–H and O–H groups in total. The number of halogens is 4. The predicted molar refractivity (Wildman–Crippen MR) is 54.6 cm³/mol. The van der Waals surface area contributed by atoms with Crippen molar-refractivity contribution in [3.63, 3.8) is 0 Å². The maximum Gasteiger partial charge on any atom is 0.281 e. The van der Waals surface area contributed by atoms with Gasteiger partial charge in [0.1, 0.15) is 9.39 Å². The van der Waals surface area contributed by atoms with Crippen LogP contribution in [0.3, 0.4) is 0 Å². The molecule has 1 nitrogen and oxygen atoms in total. The van der Waals surface area contributed by atoms with E-state index in [4.69, 9.17) is 0 Å². The highest BCUT2D eigenvalue weighted by Crippen LogP contribution is 2.22. The highest BCUT2D eigenvalue weighted by molar-refractivity contribution is 14.1. The van der Waals surface area contributed by atoms with Crippen molar-refractivity contribution in [2.75, 3.05) is 0 Å². The molecule has 0 spiro atoms. The summed E-state index contributed by atoms with van der Waals surface area (Å²) in [6, 6.07) is 3.34. The molecule has 5 heteroatoms. The lowest BCUT2D eigenvalue weighted by Gasteiger charge is -2.01. The highest BCUT2D eigenvalue weighted by atomic mass is 127. The Kier molecular flexibility index (Phi) is 3.41. The van der Waals surface area contributed by atoms with Crippen molar-refractivity contribution in [3.8, 4) is 0 Å². The van der Waals surface area contributed by atoms with Crippen molar-refractivity contribution in [1.82, 2.24) is 4.98 Å². The summed E-state index contributed by atoms with van der Waals surface area (Å²) in [7, 11) is 0. The second-order valence-corrected chi connectivity index (χ2v) is 4.07. The van der Waals surface area contributed by atoms with Crippen LogP contribution in [0, 0.1) is 7.27 Å². The second-order valence-electron chi connectivity index (χ2n) is 1.80. The Morgan fingerprint density at radius 1 is 1.27 bits per heavy atom. The minimum absolute atomic E-state index is 0.127. The lowest BCUT2D eigenvalue weighted by Crippen LogP contribution is -1.95. The molecular weight excluding hydrogens is 378 g/mol. The Bertz CT molecular complexity index is 265. The third-order valence-corrected chi connectivity index (χ3v) is 2.56. The number of hydrogen-bond acceptors (Lipinski definition) is 1. The lowest BCUT2D eigenvalue weighted by molar-refractivity contribution is 0.145. The molecule has 0 bridgehead atoms. The minimum Gasteiger partial charge on any atom is -0.240 e. The first-order valence-electron chi connectivity index (χ1n) is 2.71. The standard InChI is InChI=1S/C6H3F2I2N/c7-6(8)5-3(9)1-2-4(10)11-5/h1-2,6H. The predicted octanol–water partition coefficient (Wildman–Crippen LogP) is 3.23. The van der Waals surface area contributed by atoms with Gasteiger partial charge in [-0.15, -0.1) is 0 Å². The molecule has 0 unspecified atom stereocenters. The summed E-state index contributed by atoms with van der Waals surface area (Å²) in [5.41, 5.74) is -0.127. The summed E-state index contributed by atoms with van der Waals surface area (Å²) in [6.45, 7) is 0. The summed E-state index contributed by atoms with van der Waals surface area (Å²) in [6.07, 6.45) is -2.48. The van der Waals surface area contributed by atoms with Crippen molar-refractivity contribution in [3.05, 3.63) is 25.1 Å². The van der Waals surface area contributed by atoms with E-state index in [-0.39, 0.29) is 5.69 Å². The van der Waals surface area contributed by atoms with Crippen molar-refractivity contribution in [2.24, 2.45) is 0 Å². The van der Waals surface area contributed by atoms with Crippen LogP contribution in [0.1, 0.15) is 12.1 Å². The first kappa shape index (κ1) is 9.56. The van der Waals surface area contributed by atoms with Gasteiger partial charge in [0.2, 0.25) is 0 Å². The van der Waals surface area contributed by atoms with Crippen LogP contribution in [-0.2, 0) is 0 Å². The molecule has 0 aliphatic heterocycles. The van der Waals surface area contributed by atoms with Gasteiger partial charge in [-0.1, -0.05) is 0 Å². The van der Waals surface area contributed by atoms with E-state index in [9.17, 15) is 8.78 Å². The van der Waals surface area contributed by atoms with Gasteiger partial charge >= 0.3 is 0 Å². The van der Waals surface area contributed by atoms with Crippen LogP contribution in [0.25, 0.3) is 0 Å². The fourth-order valence-electron chi connectivity index (χ4n) is 0.586. The monoisotopic (exact) mass is 381 g/mol. The van der Waals surface area contributed by atoms with Gasteiger partial charge in [-0.2, -0.15) is 0 Å². The minimum atomic E-state index is -2.48. The first-order valence-corrected chi connectivity index (χ1v) is 4.87. The number of nitrogens with zero attached hydrogens (tertiary/aromatic N) is 1. The van der Waals surface area contributed by atoms with Crippen LogP contribution in [0.5, 0.6) is 0 Å². The number of alkyl halides is 2. The number of rotatable bonds is 1. The van der Waals surface area contributed by atoms with Crippen LogP contribution in [0.2, 0.25) is 0 Å². The van der Waals surface area contributed by atoms with E-state index in [0.717, 1.165) is 0 Å². The molecule has 0 aliphatic rings. The molecule has 0 saturated carbocycles. The van der Waals surface area contributed by atoms with Crippen LogP contribution in [-0.4, -0.2) is 4.98 Å². The van der Waals surface area contributed by atoms with Crippen LogP contribution < -0.4 is 0 Å². The summed E-state index contributed by atoms with van der Waals surface area (Å²) in [5.74, 6) is 0. The number of hydrogen-bond donors (Lipinski definition) is 0. The SMILES string of the molecule is FC(F)c1nc(I)ccc1I. The fraction of sp³-hybridized carbons (Fsp3) is 0.167. The van der Waals surface area contributed by atoms with E-state index < -0.39 is 6.43 Å². The van der Waals surface area contributed by atoms with Gasteiger partial charge < -0.3 is 0 Å². The molecule has 0 atom stereocenters. The molecule has 1 aromatic rings. The van der Waals surface area contributed by atoms with Crippen LogP contribution in [0.4, 0.5) is 8.78 Å². The molecule has 0 saturated heterocycles. The highest BCUT2D eigenvalue weighted by Gasteiger charge is 2.12. The third-order valence-electron chi connectivity index (χ3n) is 1.05. The van der Waals surface area contributed by atoms with E-state index >= 15 is 0 Å². The molecule has 1 aromatic heterocycles. The van der Waals surface area contributed by atoms with Gasteiger partial charge in [0.05, 0.1) is 0 Å². The van der Waals surface area contributed by atoms with Gasteiger partial charge in [0, 0.05) is 3.57 Å². The maximum atomic E-state index is 12.1. The van der Waals surface area contributed by atoms with Crippen LogP contribution in [0.15, 0.2) is 12.1 Å². The number of pyridine rings is 1. The average molecular weight is 381 g/mol. The quantitative estimate of drug-likeness (QED) is 0.538. The van der Waals surface area contributed by atoms with Gasteiger partial charge in [-0.25, -0.2) is 13.8 Å². The zero-order valence-electron chi connectivity index (χ0n) is 5.19. The molecule has 0 fully saturated rings. The lowest BCUT2D eigenvalue weighted by atomic mass is 10.4. The van der Waals surface area contributed by atoms with Gasteiger partial charge in [0.25, 0.3) is 6.43 Å². The largest absolute Gasteiger partial charge is 0.281 e. The zero-order chi connectivity index (χ0) is 8.43. The van der Waals surface area contributed by atoms with Gasteiger partial charge in [0.15, 0.2) is 0 Å². The molecule has 0 amide bonds. The molecule has 0 radical (unpaired) electrons. The molecule has 60 valence electrons. The molecule has 1 heterocycles. The van der Waals surface area contributed by atoms with Crippen molar-refractivity contribution < 1.29 is 8.78 Å². The second kappa shape index (κ2) is 3.92. The van der Waals surface area contributed by atoms with Gasteiger partial charge in [-0.3, -0.25) is 0 Å². The van der Waals surface area contributed by atoms with Gasteiger partial charge in [-0.05, 0) is 57.3 Å². The van der Waals surface area contributed by atoms with E-state index in [1.165, 1.54) is 0 Å². The fourth-order valence-corrected chi connectivity index (χ4v) is 1.56. The molecule has 1 rings (SSSR count). The van der Waals surface area contributed by atoms with E-state index in [1.807, 2.05) is 45.2 Å². The normalized spacial score (nSPS) is 10.6. The molecule has 0 aromatic carbocycles. The van der Waals surface area contributed by atoms with E-state index in [0.29, 0.717) is 7.27 Å².